The molecule has 1 aromatic carbocycles. The van der Waals surface area contributed by atoms with Gasteiger partial charge < -0.3 is 13.9 Å². The van der Waals surface area contributed by atoms with Crippen LogP contribution in [0.1, 0.15) is 48.7 Å². The molecule has 27 heavy (non-hydrogen) atoms. The lowest BCUT2D eigenvalue weighted by atomic mass is 9.89. The fourth-order valence-electron chi connectivity index (χ4n) is 3.75. The van der Waals surface area contributed by atoms with Gasteiger partial charge in [0.1, 0.15) is 23.2 Å². The van der Waals surface area contributed by atoms with E-state index in [1.807, 2.05) is 45.1 Å². The molecular weight excluding hydrogens is 344 g/mol. The first-order valence-electron chi connectivity index (χ1n) is 9.36. The van der Waals surface area contributed by atoms with E-state index in [-0.39, 0.29) is 23.4 Å². The molecule has 0 bridgehead atoms. The number of carbonyl (C=O) groups excluding carboxylic acids is 1. The third kappa shape index (κ3) is 2.78. The van der Waals surface area contributed by atoms with Crippen LogP contribution in [0, 0.1) is 5.92 Å². The van der Waals surface area contributed by atoms with Gasteiger partial charge in [-0.1, -0.05) is 26.3 Å². The first-order chi connectivity index (χ1) is 13.0. The maximum atomic E-state index is 12.9. The summed E-state index contributed by atoms with van der Waals surface area (Å²) in [5, 5.41) is 0.704. The number of Topliss-reactive ketones (excluding diaryl/α,β-unsaturated/α-hetero) is 1. The molecule has 2 atom stereocenters. The highest BCUT2D eigenvalue weighted by molar-refractivity contribution is 6.14. The highest BCUT2D eigenvalue weighted by atomic mass is 16.5. The fourth-order valence-corrected chi connectivity index (χ4v) is 3.75. The second-order valence-electron chi connectivity index (χ2n) is 7.04. The minimum Gasteiger partial charge on any atom is -0.491 e. The smallest absolute Gasteiger partial charge is 0.336 e. The molecule has 0 saturated carbocycles. The normalized spacial score (nSPS) is 21.1. The van der Waals surface area contributed by atoms with Gasteiger partial charge >= 0.3 is 5.63 Å². The fraction of sp³-hybridized carbons (Fsp3) is 0.364. The number of rotatable bonds is 3. The van der Waals surface area contributed by atoms with Crippen LogP contribution in [0.2, 0.25) is 0 Å². The first-order valence-corrected chi connectivity index (χ1v) is 9.36. The molecule has 4 rings (SSSR count). The van der Waals surface area contributed by atoms with Crippen LogP contribution in [-0.4, -0.2) is 18.5 Å². The van der Waals surface area contributed by atoms with Crippen LogP contribution in [0.3, 0.4) is 0 Å². The summed E-state index contributed by atoms with van der Waals surface area (Å²) in [7, 11) is 0. The lowest BCUT2D eigenvalue weighted by Crippen LogP contribution is -2.27. The van der Waals surface area contributed by atoms with E-state index in [0.29, 0.717) is 35.5 Å². The lowest BCUT2D eigenvalue weighted by molar-refractivity contribution is 0.0848. The Morgan fingerprint density at radius 1 is 1.26 bits per heavy atom. The molecule has 0 saturated heterocycles. The molecular formula is C22H22O5. The highest BCUT2D eigenvalue weighted by Gasteiger charge is 2.35. The molecule has 3 heterocycles. The summed E-state index contributed by atoms with van der Waals surface area (Å²) < 4.78 is 17.7. The van der Waals surface area contributed by atoms with Crippen molar-refractivity contribution in [3.8, 4) is 11.5 Å². The summed E-state index contributed by atoms with van der Waals surface area (Å²) in [4.78, 5) is 25.1. The van der Waals surface area contributed by atoms with Gasteiger partial charge in [-0.3, -0.25) is 4.79 Å². The summed E-state index contributed by atoms with van der Waals surface area (Å²) in [5.41, 5.74) is 1.75. The van der Waals surface area contributed by atoms with E-state index in [2.05, 4.69) is 0 Å². The molecule has 0 aliphatic carbocycles. The van der Waals surface area contributed by atoms with Crippen molar-refractivity contribution >= 4 is 22.8 Å². The molecule has 2 aromatic rings. The van der Waals surface area contributed by atoms with E-state index in [0.717, 1.165) is 17.5 Å². The molecule has 0 spiro atoms. The number of benzene rings is 1. The summed E-state index contributed by atoms with van der Waals surface area (Å²) in [5.74, 6) is 0.712. The third-order valence-electron chi connectivity index (χ3n) is 4.99. The van der Waals surface area contributed by atoms with Crippen LogP contribution in [0.5, 0.6) is 11.5 Å². The molecule has 0 radical (unpaired) electrons. The Morgan fingerprint density at radius 2 is 2.07 bits per heavy atom. The Bertz CT molecular complexity index is 1040. The molecule has 2 aliphatic rings. The van der Waals surface area contributed by atoms with Crippen molar-refractivity contribution in [3.63, 3.8) is 0 Å². The Labute approximate surface area is 157 Å². The molecule has 0 fully saturated rings. The average molecular weight is 366 g/mol. The number of fused-ring (bicyclic) bond motifs is 6. The van der Waals surface area contributed by atoms with E-state index in [1.54, 1.807) is 0 Å². The molecule has 2 aliphatic heterocycles. The Hall–Kier alpha value is -2.82. The molecule has 5 heteroatoms. The van der Waals surface area contributed by atoms with E-state index in [1.165, 1.54) is 6.07 Å². The van der Waals surface area contributed by atoms with Gasteiger partial charge in [0.05, 0.1) is 23.5 Å². The van der Waals surface area contributed by atoms with Crippen molar-refractivity contribution in [2.45, 2.75) is 39.7 Å². The van der Waals surface area contributed by atoms with Crippen molar-refractivity contribution in [2.24, 2.45) is 5.92 Å². The van der Waals surface area contributed by atoms with Crippen LogP contribution >= 0.6 is 0 Å². The minimum atomic E-state index is -0.463. The van der Waals surface area contributed by atoms with Crippen molar-refractivity contribution in [1.82, 2.24) is 0 Å². The van der Waals surface area contributed by atoms with E-state index < -0.39 is 5.63 Å². The summed E-state index contributed by atoms with van der Waals surface area (Å²) in [6.45, 7) is 6.10. The van der Waals surface area contributed by atoms with Crippen LogP contribution in [0.4, 0.5) is 0 Å². The van der Waals surface area contributed by atoms with E-state index >= 15 is 0 Å². The second-order valence-corrected chi connectivity index (χ2v) is 7.04. The Morgan fingerprint density at radius 3 is 2.81 bits per heavy atom. The standard InChI is InChI=1S/C22H22O5/c1-4-6-13-10-16(23)27-22-17(13)21-15(9-8-14(26-21)7-5-2)20-18(22)19(24)12(3)11-25-20/h5,7-10,12,14H,4,6,11H2,1-3H3/b7-5+. The number of ketones is 1. The van der Waals surface area contributed by atoms with Gasteiger partial charge in [0.15, 0.2) is 11.4 Å². The van der Waals surface area contributed by atoms with Crippen molar-refractivity contribution < 1.29 is 18.7 Å². The predicted molar refractivity (Wildman–Crippen MR) is 104 cm³/mol. The third-order valence-corrected chi connectivity index (χ3v) is 4.99. The van der Waals surface area contributed by atoms with Gasteiger partial charge in [-0.25, -0.2) is 4.79 Å². The quantitative estimate of drug-likeness (QED) is 0.598. The number of aryl methyl sites for hydroxylation is 1. The number of allylic oxidation sites excluding steroid dienone is 1. The SMILES string of the molecule is C/C=C/C1C=Cc2c3c(c4oc(=O)cc(CCC)c4c2O1)C(=O)C(C)CO3. The number of carbonyl (C=O) groups is 1. The molecule has 0 amide bonds. The van der Waals surface area contributed by atoms with Crippen LogP contribution in [-0.2, 0) is 6.42 Å². The van der Waals surface area contributed by atoms with E-state index in [9.17, 15) is 9.59 Å². The predicted octanol–water partition coefficient (Wildman–Crippen LogP) is 4.31. The lowest BCUT2D eigenvalue weighted by Gasteiger charge is -2.29. The van der Waals surface area contributed by atoms with Crippen molar-refractivity contribution in [1.29, 1.82) is 0 Å². The van der Waals surface area contributed by atoms with Gasteiger partial charge in [0.2, 0.25) is 0 Å². The van der Waals surface area contributed by atoms with Crippen molar-refractivity contribution in [2.75, 3.05) is 6.61 Å². The Balaban J connectivity index is 2.12. The largest absolute Gasteiger partial charge is 0.491 e. The van der Waals surface area contributed by atoms with Crippen LogP contribution in [0.15, 0.2) is 33.5 Å². The molecule has 1 aromatic heterocycles. The van der Waals surface area contributed by atoms with Gasteiger partial charge in [-0.15, -0.1) is 0 Å². The first kappa shape index (κ1) is 17.6. The van der Waals surface area contributed by atoms with Gasteiger partial charge in [-0.05, 0) is 37.1 Å². The average Bonchev–Trinajstić information content (AvgIpc) is 2.64. The maximum absolute atomic E-state index is 12.9. The minimum absolute atomic E-state index is 0.0650. The Kier molecular flexibility index (Phi) is 4.38. The zero-order chi connectivity index (χ0) is 19.1. The molecule has 2 unspecified atom stereocenters. The van der Waals surface area contributed by atoms with Crippen LogP contribution < -0.4 is 15.1 Å². The van der Waals surface area contributed by atoms with E-state index in [4.69, 9.17) is 13.9 Å². The molecule has 140 valence electrons. The van der Waals surface area contributed by atoms with Crippen LogP contribution in [0.25, 0.3) is 17.0 Å². The molecule has 0 N–H and O–H groups in total. The van der Waals surface area contributed by atoms with Gasteiger partial charge in [-0.2, -0.15) is 0 Å². The zero-order valence-corrected chi connectivity index (χ0v) is 15.7. The highest BCUT2D eigenvalue weighted by Crippen LogP contribution is 2.47. The zero-order valence-electron chi connectivity index (χ0n) is 15.7. The van der Waals surface area contributed by atoms with Gasteiger partial charge in [0.25, 0.3) is 0 Å². The monoisotopic (exact) mass is 366 g/mol. The number of hydrogen-bond acceptors (Lipinski definition) is 5. The maximum Gasteiger partial charge on any atom is 0.336 e. The molecule has 5 nitrogen and oxygen atoms in total. The second kappa shape index (κ2) is 6.72. The summed E-state index contributed by atoms with van der Waals surface area (Å²) in [6.07, 6.45) is 9.07. The summed E-state index contributed by atoms with van der Waals surface area (Å²) >= 11 is 0. The number of ether oxygens (including phenoxy) is 2. The summed E-state index contributed by atoms with van der Waals surface area (Å²) in [6, 6.07) is 1.50. The number of hydrogen-bond donors (Lipinski definition) is 0. The van der Waals surface area contributed by atoms with Crippen molar-refractivity contribution in [3.05, 3.63) is 51.4 Å². The topological polar surface area (TPSA) is 65.7 Å². The van der Waals surface area contributed by atoms with Gasteiger partial charge in [0, 0.05) is 6.07 Å².